The van der Waals surface area contributed by atoms with E-state index in [-0.39, 0.29) is 0 Å². The zero-order valence-electron chi connectivity index (χ0n) is 8.62. The van der Waals surface area contributed by atoms with Crippen molar-refractivity contribution in [3.05, 3.63) is 23.8 Å². The molecular formula is C12H17NO. The Hall–Kier alpha value is -1.18. The average Bonchev–Trinajstić information content (AvgIpc) is 2.95. The van der Waals surface area contributed by atoms with Crippen molar-refractivity contribution in [2.24, 2.45) is 5.92 Å². The standard InChI is InChI=1S/C12H17NO/c1-9-2-5-11(13)8-12(9)14-7-6-10-3-4-10/h2,5,8,10H,3-4,6-7,13H2,1H3. The minimum atomic E-state index is 0.775. The van der Waals surface area contributed by atoms with E-state index in [0.717, 1.165) is 29.5 Å². The van der Waals surface area contributed by atoms with Crippen molar-refractivity contribution in [3.63, 3.8) is 0 Å². The number of nitrogen functional groups attached to an aromatic ring is 1. The number of anilines is 1. The predicted octanol–water partition coefficient (Wildman–Crippen LogP) is 2.76. The van der Waals surface area contributed by atoms with Crippen molar-refractivity contribution in [2.75, 3.05) is 12.3 Å². The Balaban J connectivity index is 1.89. The monoisotopic (exact) mass is 191 g/mol. The zero-order chi connectivity index (χ0) is 9.97. The summed E-state index contributed by atoms with van der Waals surface area (Å²) in [6.07, 6.45) is 3.97. The molecule has 0 amide bonds. The maximum absolute atomic E-state index is 5.69. The molecule has 0 saturated heterocycles. The molecule has 0 radical (unpaired) electrons. The number of ether oxygens (including phenoxy) is 1. The molecule has 2 rings (SSSR count). The van der Waals surface area contributed by atoms with E-state index < -0.39 is 0 Å². The van der Waals surface area contributed by atoms with Crippen LogP contribution in [0.3, 0.4) is 0 Å². The molecule has 0 aliphatic heterocycles. The number of benzene rings is 1. The summed E-state index contributed by atoms with van der Waals surface area (Å²) in [6, 6.07) is 5.81. The summed E-state index contributed by atoms with van der Waals surface area (Å²) in [5, 5.41) is 0. The summed E-state index contributed by atoms with van der Waals surface area (Å²) < 4.78 is 5.69. The van der Waals surface area contributed by atoms with Crippen molar-refractivity contribution in [1.82, 2.24) is 0 Å². The van der Waals surface area contributed by atoms with E-state index >= 15 is 0 Å². The molecule has 2 nitrogen and oxygen atoms in total. The molecule has 1 aliphatic carbocycles. The lowest BCUT2D eigenvalue weighted by Gasteiger charge is -2.09. The van der Waals surface area contributed by atoms with E-state index in [0.29, 0.717) is 0 Å². The van der Waals surface area contributed by atoms with E-state index in [1.165, 1.54) is 19.3 Å². The van der Waals surface area contributed by atoms with E-state index in [9.17, 15) is 0 Å². The summed E-state index contributed by atoms with van der Waals surface area (Å²) in [4.78, 5) is 0. The van der Waals surface area contributed by atoms with Crippen LogP contribution in [0.4, 0.5) is 5.69 Å². The van der Waals surface area contributed by atoms with Crippen LogP contribution in [0.1, 0.15) is 24.8 Å². The first-order valence-corrected chi connectivity index (χ1v) is 5.24. The molecule has 1 aliphatic rings. The fourth-order valence-electron chi connectivity index (χ4n) is 1.51. The molecule has 2 heteroatoms. The predicted molar refractivity (Wildman–Crippen MR) is 58.4 cm³/mol. The molecule has 0 heterocycles. The second kappa shape index (κ2) is 3.91. The topological polar surface area (TPSA) is 35.2 Å². The highest BCUT2D eigenvalue weighted by Crippen LogP contribution is 2.32. The number of hydrogen-bond acceptors (Lipinski definition) is 2. The Morgan fingerprint density at radius 3 is 2.93 bits per heavy atom. The van der Waals surface area contributed by atoms with Crippen LogP contribution in [0.2, 0.25) is 0 Å². The fraction of sp³-hybridized carbons (Fsp3) is 0.500. The third-order valence-corrected chi connectivity index (χ3v) is 2.69. The third-order valence-electron chi connectivity index (χ3n) is 2.69. The molecule has 0 aromatic heterocycles. The molecule has 0 atom stereocenters. The van der Waals surface area contributed by atoms with Gasteiger partial charge in [0.2, 0.25) is 0 Å². The van der Waals surface area contributed by atoms with Crippen LogP contribution >= 0.6 is 0 Å². The smallest absolute Gasteiger partial charge is 0.124 e. The number of nitrogens with two attached hydrogens (primary N) is 1. The Kier molecular flexibility index (Phi) is 2.62. The van der Waals surface area contributed by atoms with Gasteiger partial charge < -0.3 is 10.5 Å². The highest BCUT2D eigenvalue weighted by atomic mass is 16.5. The second-order valence-corrected chi connectivity index (χ2v) is 4.11. The highest BCUT2D eigenvalue weighted by molar-refractivity contribution is 5.47. The van der Waals surface area contributed by atoms with Crippen LogP contribution in [0.5, 0.6) is 5.75 Å². The number of hydrogen-bond donors (Lipinski definition) is 1. The van der Waals surface area contributed by atoms with Gasteiger partial charge in [-0.05, 0) is 30.9 Å². The molecule has 76 valence electrons. The molecule has 0 spiro atoms. The van der Waals surface area contributed by atoms with Crippen molar-refractivity contribution in [2.45, 2.75) is 26.2 Å². The summed E-state index contributed by atoms with van der Waals surface area (Å²) in [5.41, 5.74) is 7.63. The second-order valence-electron chi connectivity index (χ2n) is 4.11. The summed E-state index contributed by atoms with van der Waals surface area (Å²) >= 11 is 0. The van der Waals surface area contributed by atoms with Crippen LogP contribution in [0.25, 0.3) is 0 Å². The van der Waals surface area contributed by atoms with Crippen LogP contribution in [0.15, 0.2) is 18.2 Å². The van der Waals surface area contributed by atoms with Crippen molar-refractivity contribution in [1.29, 1.82) is 0 Å². The van der Waals surface area contributed by atoms with Crippen LogP contribution < -0.4 is 10.5 Å². The van der Waals surface area contributed by atoms with Crippen molar-refractivity contribution in [3.8, 4) is 5.75 Å². The first-order chi connectivity index (χ1) is 6.75. The first kappa shape index (κ1) is 9.38. The van der Waals surface area contributed by atoms with Gasteiger partial charge in [0.05, 0.1) is 6.61 Å². The van der Waals surface area contributed by atoms with Crippen LogP contribution in [0, 0.1) is 12.8 Å². The Labute approximate surface area is 85.1 Å². The average molecular weight is 191 g/mol. The molecule has 1 aromatic rings. The Morgan fingerprint density at radius 1 is 1.43 bits per heavy atom. The lowest BCUT2D eigenvalue weighted by molar-refractivity contribution is 0.301. The molecule has 1 saturated carbocycles. The van der Waals surface area contributed by atoms with Gasteiger partial charge in [-0.25, -0.2) is 0 Å². The van der Waals surface area contributed by atoms with Gasteiger partial charge in [-0.3, -0.25) is 0 Å². The molecule has 0 unspecified atom stereocenters. The number of rotatable bonds is 4. The first-order valence-electron chi connectivity index (χ1n) is 5.24. The van der Waals surface area contributed by atoms with E-state index in [2.05, 4.69) is 0 Å². The van der Waals surface area contributed by atoms with E-state index in [4.69, 9.17) is 10.5 Å². The summed E-state index contributed by atoms with van der Waals surface area (Å²) in [6.45, 7) is 2.88. The maximum Gasteiger partial charge on any atom is 0.124 e. The Bertz CT molecular complexity index is 318. The van der Waals surface area contributed by atoms with Gasteiger partial charge in [-0.15, -0.1) is 0 Å². The van der Waals surface area contributed by atoms with Gasteiger partial charge in [-0.2, -0.15) is 0 Å². The van der Waals surface area contributed by atoms with E-state index in [1.54, 1.807) is 0 Å². The van der Waals surface area contributed by atoms with Gasteiger partial charge in [0.25, 0.3) is 0 Å². The summed E-state index contributed by atoms with van der Waals surface area (Å²) in [7, 11) is 0. The van der Waals surface area contributed by atoms with Crippen molar-refractivity contribution < 1.29 is 4.74 Å². The molecule has 1 aromatic carbocycles. The van der Waals surface area contributed by atoms with Crippen molar-refractivity contribution >= 4 is 5.69 Å². The lowest BCUT2D eigenvalue weighted by Crippen LogP contribution is -2.00. The number of aryl methyl sites for hydroxylation is 1. The molecule has 0 bridgehead atoms. The minimum absolute atomic E-state index is 0.775. The van der Waals surface area contributed by atoms with E-state index in [1.807, 2.05) is 25.1 Å². The molecule has 1 fully saturated rings. The third kappa shape index (κ3) is 2.41. The highest BCUT2D eigenvalue weighted by Gasteiger charge is 2.20. The minimum Gasteiger partial charge on any atom is -0.493 e. The van der Waals surface area contributed by atoms with Gasteiger partial charge in [-0.1, -0.05) is 18.9 Å². The maximum atomic E-state index is 5.69. The van der Waals surface area contributed by atoms with Gasteiger partial charge in [0, 0.05) is 11.8 Å². The summed E-state index contributed by atoms with van der Waals surface area (Å²) in [5.74, 6) is 1.86. The Morgan fingerprint density at radius 2 is 2.21 bits per heavy atom. The van der Waals surface area contributed by atoms with Gasteiger partial charge in [0.15, 0.2) is 0 Å². The molecule has 14 heavy (non-hydrogen) atoms. The normalized spacial score (nSPS) is 15.5. The van der Waals surface area contributed by atoms with Gasteiger partial charge in [0.1, 0.15) is 5.75 Å². The largest absolute Gasteiger partial charge is 0.493 e. The SMILES string of the molecule is Cc1ccc(N)cc1OCCC1CC1. The zero-order valence-corrected chi connectivity index (χ0v) is 8.62. The molecular weight excluding hydrogens is 174 g/mol. The van der Waals surface area contributed by atoms with Crippen LogP contribution in [-0.2, 0) is 0 Å². The lowest BCUT2D eigenvalue weighted by atomic mass is 10.2. The molecule has 2 N–H and O–H groups in total. The quantitative estimate of drug-likeness (QED) is 0.743. The fourth-order valence-corrected chi connectivity index (χ4v) is 1.51. The van der Waals surface area contributed by atoms with Gasteiger partial charge >= 0.3 is 0 Å². The van der Waals surface area contributed by atoms with Crippen LogP contribution in [-0.4, -0.2) is 6.61 Å².